The van der Waals surface area contributed by atoms with Crippen molar-refractivity contribution < 1.29 is 9.21 Å². The van der Waals surface area contributed by atoms with Gasteiger partial charge < -0.3 is 9.73 Å². The van der Waals surface area contributed by atoms with Crippen molar-refractivity contribution in [2.45, 2.75) is 33.2 Å². The number of nitrogens with one attached hydrogen (secondary N) is 1. The predicted octanol–water partition coefficient (Wildman–Crippen LogP) is 3.66. The minimum Gasteiger partial charge on any atom is -0.459 e. The van der Waals surface area contributed by atoms with Gasteiger partial charge in [-0.15, -0.1) is 0 Å². The van der Waals surface area contributed by atoms with E-state index in [0.717, 1.165) is 23.2 Å². The molecule has 1 aromatic heterocycles. The molecule has 1 aromatic carbocycles. The van der Waals surface area contributed by atoms with E-state index >= 15 is 0 Å². The number of furan rings is 1. The fourth-order valence-corrected chi connectivity index (χ4v) is 1.83. The summed E-state index contributed by atoms with van der Waals surface area (Å²) in [6, 6.07) is 9.74. The zero-order valence-electron chi connectivity index (χ0n) is 11.1. The van der Waals surface area contributed by atoms with Gasteiger partial charge in [-0.05, 0) is 25.5 Å². The van der Waals surface area contributed by atoms with E-state index in [1.807, 2.05) is 51.1 Å². The largest absolute Gasteiger partial charge is 0.459 e. The standard InChI is InChI=1S/C15H19NO2/c1-4-10(2)15(17)16-11(3)14-9-12-7-5-6-8-13(12)18-14/h5-11H,4H2,1-3H3,(H,16,17)/t10-,11+/m1/s1. The quantitative estimate of drug-likeness (QED) is 0.893. The zero-order valence-corrected chi connectivity index (χ0v) is 11.1. The molecule has 0 aliphatic rings. The molecule has 0 fully saturated rings. The number of rotatable bonds is 4. The molecule has 0 saturated carbocycles. The molecule has 96 valence electrons. The Morgan fingerprint density at radius 3 is 2.72 bits per heavy atom. The molecule has 2 rings (SSSR count). The first-order valence-corrected chi connectivity index (χ1v) is 6.40. The summed E-state index contributed by atoms with van der Waals surface area (Å²) >= 11 is 0. The lowest BCUT2D eigenvalue weighted by Crippen LogP contribution is -2.31. The maximum Gasteiger partial charge on any atom is 0.223 e. The topological polar surface area (TPSA) is 42.2 Å². The summed E-state index contributed by atoms with van der Waals surface area (Å²) in [6.45, 7) is 5.88. The van der Waals surface area contributed by atoms with E-state index in [0.29, 0.717) is 0 Å². The molecule has 2 aromatic rings. The highest BCUT2D eigenvalue weighted by atomic mass is 16.3. The molecule has 3 heteroatoms. The number of carbonyl (C=O) groups excluding carboxylic acids is 1. The summed E-state index contributed by atoms with van der Waals surface area (Å²) in [5, 5.41) is 4.04. The Labute approximate surface area is 107 Å². The molecule has 0 aliphatic carbocycles. The van der Waals surface area contributed by atoms with E-state index < -0.39 is 0 Å². The van der Waals surface area contributed by atoms with E-state index in [1.54, 1.807) is 0 Å². The summed E-state index contributed by atoms with van der Waals surface area (Å²) in [4.78, 5) is 11.8. The van der Waals surface area contributed by atoms with Crippen LogP contribution in [-0.4, -0.2) is 5.91 Å². The number of hydrogen-bond acceptors (Lipinski definition) is 2. The molecule has 18 heavy (non-hydrogen) atoms. The molecule has 0 saturated heterocycles. The predicted molar refractivity (Wildman–Crippen MR) is 72.2 cm³/mol. The first-order valence-electron chi connectivity index (χ1n) is 6.40. The van der Waals surface area contributed by atoms with Crippen LogP contribution in [0, 0.1) is 5.92 Å². The van der Waals surface area contributed by atoms with Crippen molar-refractivity contribution in [2.24, 2.45) is 5.92 Å². The molecule has 1 amide bonds. The fourth-order valence-electron chi connectivity index (χ4n) is 1.83. The second-order valence-corrected chi connectivity index (χ2v) is 4.73. The lowest BCUT2D eigenvalue weighted by atomic mass is 10.1. The number of carbonyl (C=O) groups is 1. The molecule has 3 nitrogen and oxygen atoms in total. The summed E-state index contributed by atoms with van der Waals surface area (Å²) in [7, 11) is 0. The third kappa shape index (κ3) is 2.55. The number of benzene rings is 1. The zero-order chi connectivity index (χ0) is 13.1. The van der Waals surface area contributed by atoms with E-state index in [4.69, 9.17) is 4.42 Å². The van der Waals surface area contributed by atoms with Crippen LogP contribution < -0.4 is 5.32 Å². The Kier molecular flexibility index (Phi) is 3.70. The molecular formula is C15H19NO2. The molecular weight excluding hydrogens is 226 g/mol. The van der Waals surface area contributed by atoms with Crippen molar-refractivity contribution in [3.05, 3.63) is 36.1 Å². The second kappa shape index (κ2) is 5.25. The third-order valence-corrected chi connectivity index (χ3v) is 3.29. The van der Waals surface area contributed by atoms with Gasteiger partial charge in [-0.2, -0.15) is 0 Å². The van der Waals surface area contributed by atoms with Gasteiger partial charge in [0.05, 0.1) is 6.04 Å². The minimum atomic E-state index is -0.0982. The Balaban J connectivity index is 2.13. The average molecular weight is 245 g/mol. The van der Waals surface area contributed by atoms with Gasteiger partial charge in [0.15, 0.2) is 0 Å². The molecule has 0 bridgehead atoms. The van der Waals surface area contributed by atoms with Crippen LogP contribution in [0.1, 0.15) is 39.0 Å². The minimum absolute atomic E-state index is 0.0387. The third-order valence-electron chi connectivity index (χ3n) is 3.29. The fraction of sp³-hybridized carbons (Fsp3) is 0.400. The highest BCUT2D eigenvalue weighted by Crippen LogP contribution is 2.23. The number of para-hydroxylation sites is 1. The number of amides is 1. The molecule has 0 radical (unpaired) electrons. The lowest BCUT2D eigenvalue weighted by molar-refractivity contribution is -0.125. The van der Waals surface area contributed by atoms with Crippen LogP contribution in [0.15, 0.2) is 34.7 Å². The Hall–Kier alpha value is -1.77. The Bertz CT molecular complexity index is 511. The Morgan fingerprint density at radius 2 is 2.06 bits per heavy atom. The van der Waals surface area contributed by atoms with Crippen LogP contribution in [0.5, 0.6) is 0 Å². The van der Waals surface area contributed by atoms with Gasteiger partial charge in [-0.3, -0.25) is 4.79 Å². The van der Waals surface area contributed by atoms with Gasteiger partial charge in [-0.1, -0.05) is 32.0 Å². The van der Waals surface area contributed by atoms with Crippen molar-refractivity contribution in [1.82, 2.24) is 5.32 Å². The molecule has 0 spiro atoms. The summed E-state index contributed by atoms with van der Waals surface area (Å²) in [6.07, 6.45) is 0.846. The van der Waals surface area contributed by atoms with Gasteiger partial charge in [0.2, 0.25) is 5.91 Å². The SMILES string of the molecule is CC[C@@H](C)C(=O)N[C@@H](C)c1cc2ccccc2o1. The van der Waals surface area contributed by atoms with Crippen molar-refractivity contribution in [1.29, 1.82) is 0 Å². The van der Waals surface area contributed by atoms with Crippen LogP contribution in [-0.2, 0) is 4.79 Å². The highest BCUT2D eigenvalue weighted by molar-refractivity contribution is 5.80. The molecule has 2 atom stereocenters. The monoisotopic (exact) mass is 245 g/mol. The van der Waals surface area contributed by atoms with Crippen LogP contribution in [0.3, 0.4) is 0 Å². The summed E-state index contributed by atoms with van der Waals surface area (Å²) in [5.41, 5.74) is 0.858. The maximum absolute atomic E-state index is 11.8. The average Bonchev–Trinajstić information content (AvgIpc) is 2.81. The van der Waals surface area contributed by atoms with Gasteiger partial charge in [-0.25, -0.2) is 0 Å². The smallest absolute Gasteiger partial charge is 0.223 e. The van der Waals surface area contributed by atoms with E-state index in [-0.39, 0.29) is 17.9 Å². The molecule has 0 aliphatic heterocycles. The summed E-state index contributed by atoms with van der Waals surface area (Å²) in [5.74, 6) is 0.912. The molecule has 1 heterocycles. The van der Waals surface area contributed by atoms with E-state index in [2.05, 4.69) is 5.32 Å². The highest BCUT2D eigenvalue weighted by Gasteiger charge is 2.17. The lowest BCUT2D eigenvalue weighted by Gasteiger charge is -2.14. The van der Waals surface area contributed by atoms with Gasteiger partial charge >= 0.3 is 0 Å². The van der Waals surface area contributed by atoms with Gasteiger partial charge in [0.25, 0.3) is 0 Å². The molecule has 0 unspecified atom stereocenters. The van der Waals surface area contributed by atoms with E-state index in [1.165, 1.54) is 0 Å². The maximum atomic E-state index is 11.8. The van der Waals surface area contributed by atoms with Crippen molar-refractivity contribution in [2.75, 3.05) is 0 Å². The first kappa shape index (κ1) is 12.7. The normalized spacial score (nSPS) is 14.4. The van der Waals surface area contributed by atoms with Crippen LogP contribution >= 0.6 is 0 Å². The Morgan fingerprint density at radius 1 is 1.33 bits per heavy atom. The number of hydrogen-bond donors (Lipinski definition) is 1. The van der Waals surface area contributed by atoms with Crippen molar-refractivity contribution in [3.63, 3.8) is 0 Å². The second-order valence-electron chi connectivity index (χ2n) is 4.73. The van der Waals surface area contributed by atoms with Crippen LogP contribution in [0.2, 0.25) is 0 Å². The number of fused-ring (bicyclic) bond motifs is 1. The van der Waals surface area contributed by atoms with Crippen molar-refractivity contribution >= 4 is 16.9 Å². The van der Waals surface area contributed by atoms with Crippen molar-refractivity contribution in [3.8, 4) is 0 Å². The van der Waals surface area contributed by atoms with Crippen LogP contribution in [0.4, 0.5) is 0 Å². The van der Waals surface area contributed by atoms with Gasteiger partial charge in [0, 0.05) is 11.3 Å². The first-order chi connectivity index (χ1) is 8.61. The van der Waals surface area contributed by atoms with Gasteiger partial charge in [0.1, 0.15) is 11.3 Å². The molecule has 1 N–H and O–H groups in total. The van der Waals surface area contributed by atoms with Crippen LogP contribution in [0.25, 0.3) is 11.0 Å². The summed E-state index contributed by atoms with van der Waals surface area (Å²) < 4.78 is 5.73. The van der Waals surface area contributed by atoms with E-state index in [9.17, 15) is 4.79 Å².